The molecule has 2 aliphatic carbocycles. The van der Waals surface area contributed by atoms with Crippen LogP contribution in [-0.4, -0.2) is 19.5 Å². The molecule has 10 aromatic rings. The molecule has 0 N–H and O–H groups in total. The van der Waals surface area contributed by atoms with Crippen LogP contribution in [0.4, 0.5) is 0 Å². The van der Waals surface area contributed by atoms with Gasteiger partial charge in [0.05, 0.1) is 11.0 Å². The van der Waals surface area contributed by atoms with Gasteiger partial charge in [-0.15, -0.1) is 0 Å². The van der Waals surface area contributed by atoms with Gasteiger partial charge in [0, 0.05) is 38.6 Å². The second kappa shape index (κ2) is 13.9. The molecule has 2 heterocycles. The maximum absolute atomic E-state index is 5.18. The number of hydrogen-bond donors (Lipinski definition) is 0. The van der Waals surface area contributed by atoms with E-state index in [1.54, 1.807) is 0 Å². The minimum atomic E-state index is -0.0539. The van der Waals surface area contributed by atoms with Crippen LogP contribution in [0.2, 0.25) is 0 Å². The van der Waals surface area contributed by atoms with Gasteiger partial charge in [0.25, 0.3) is 0 Å². The van der Waals surface area contributed by atoms with Gasteiger partial charge in [-0.3, -0.25) is 0 Å². The van der Waals surface area contributed by atoms with Crippen LogP contribution in [0.15, 0.2) is 170 Å². The Labute approximate surface area is 375 Å². The fourth-order valence-corrected chi connectivity index (χ4v) is 11.0. The SMILES string of the molecule is CC1(C)CCC(C)(C)c2cc3c(cc21)c1c2ccccc2ccc1n3-c1ccc(-c2nc(-c3ccccc3)nc(-c3ccc(-c4cccc5c4-c4ccccc4C5(C)C)cc3)n2)cc1. The lowest BCUT2D eigenvalue weighted by Gasteiger charge is -2.42. The van der Waals surface area contributed by atoms with E-state index in [-0.39, 0.29) is 16.2 Å². The predicted molar refractivity (Wildman–Crippen MR) is 266 cm³/mol. The molecule has 8 aromatic carbocycles. The van der Waals surface area contributed by atoms with Crippen molar-refractivity contribution in [2.75, 3.05) is 0 Å². The third kappa shape index (κ3) is 5.85. The minimum absolute atomic E-state index is 0.0539. The minimum Gasteiger partial charge on any atom is -0.309 e. The monoisotopic (exact) mass is 826 g/mol. The molecule has 0 spiro atoms. The van der Waals surface area contributed by atoms with E-state index >= 15 is 0 Å². The first kappa shape index (κ1) is 38.5. The van der Waals surface area contributed by atoms with Crippen LogP contribution < -0.4 is 0 Å². The highest BCUT2D eigenvalue weighted by molar-refractivity contribution is 6.21. The van der Waals surface area contributed by atoms with Crippen molar-refractivity contribution in [3.05, 3.63) is 192 Å². The lowest BCUT2D eigenvalue weighted by atomic mass is 9.63. The maximum Gasteiger partial charge on any atom is 0.164 e. The zero-order valence-corrected chi connectivity index (χ0v) is 37.4. The van der Waals surface area contributed by atoms with Crippen LogP contribution in [0, 0.1) is 0 Å². The molecule has 2 aromatic heterocycles. The van der Waals surface area contributed by atoms with Crippen LogP contribution in [-0.2, 0) is 16.2 Å². The van der Waals surface area contributed by atoms with E-state index in [1.165, 1.54) is 89.9 Å². The van der Waals surface area contributed by atoms with Gasteiger partial charge in [-0.25, -0.2) is 15.0 Å². The normalized spacial score (nSPS) is 15.6. The lowest BCUT2D eigenvalue weighted by Crippen LogP contribution is -2.33. The standard InChI is InChI=1S/C60H50N4/c1-58(2)33-34-59(3,4)50-36-52-46(35-49(50)58)54-44-18-11-10-15-37(44)29-32-51(54)64(52)42-30-27-41(28-31-42)57-62-55(39-16-8-7-9-17-39)61-56(63-57)40-25-23-38(24-26-40)43-20-14-22-48-53(43)45-19-12-13-21-47(45)60(48,5)6/h7-32,35-36H,33-34H2,1-6H3. The van der Waals surface area contributed by atoms with Crippen molar-refractivity contribution in [2.45, 2.75) is 70.6 Å². The molecule has 0 radical (unpaired) electrons. The number of rotatable bonds is 5. The van der Waals surface area contributed by atoms with Gasteiger partial charge in [0.15, 0.2) is 17.5 Å². The van der Waals surface area contributed by atoms with Gasteiger partial charge in [0.2, 0.25) is 0 Å². The second-order valence-electron chi connectivity index (χ2n) is 19.9. The van der Waals surface area contributed by atoms with Crippen molar-refractivity contribution < 1.29 is 0 Å². The molecule has 0 aliphatic heterocycles. The fourth-order valence-electron chi connectivity index (χ4n) is 11.0. The van der Waals surface area contributed by atoms with Crippen molar-refractivity contribution in [3.63, 3.8) is 0 Å². The van der Waals surface area contributed by atoms with E-state index in [0.717, 1.165) is 22.4 Å². The van der Waals surface area contributed by atoms with E-state index in [1.807, 2.05) is 18.2 Å². The summed E-state index contributed by atoms with van der Waals surface area (Å²) in [7, 11) is 0. The Balaban J connectivity index is 0.974. The average molecular weight is 827 g/mol. The molecule has 12 rings (SSSR count). The molecule has 0 atom stereocenters. The summed E-state index contributed by atoms with van der Waals surface area (Å²) < 4.78 is 2.47. The Hall–Kier alpha value is -7.17. The summed E-state index contributed by atoms with van der Waals surface area (Å²) in [5, 5.41) is 5.17. The second-order valence-corrected chi connectivity index (χ2v) is 19.9. The molecule has 310 valence electrons. The molecule has 0 saturated carbocycles. The largest absolute Gasteiger partial charge is 0.309 e. The summed E-state index contributed by atoms with van der Waals surface area (Å²) in [6.07, 6.45) is 2.35. The van der Waals surface area contributed by atoms with Crippen molar-refractivity contribution >= 4 is 32.6 Å². The molecule has 4 nitrogen and oxygen atoms in total. The smallest absolute Gasteiger partial charge is 0.164 e. The average Bonchev–Trinajstić information content (AvgIpc) is 3.78. The highest BCUT2D eigenvalue weighted by Crippen LogP contribution is 2.52. The van der Waals surface area contributed by atoms with Crippen molar-refractivity contribution in [1.82, 2.24) is 19.5 Å². The van der Waals surface area contributed by atoms with Crippen LogP contribution >= 0.6 is 0 Å². The number of fused-ring (bicyclic) bond motifs is 9. The van der Waals surface area contributed by atoms with Gasteiger partial charge in [-0.2, -0.15) is 0 Å². The third-order valence-corrected chi connectivity index (χ3v) is 14.7. The number of aromatic nitrogens is 4. The summed E-state index contributed by atoms with van der Waals surface area (Å²) >= 11 is 0. The first-order valence-electron chi connectivity index (χ1n) is 22.7. The van der Waals surface area contributed by atoms with E-state index < -0.39 is 0 Å². The van der Waals surface area contributed by atoms with Gasteiger partial charge >= 0.3 is 0 Å². The summed E-state index contributed by atoms with van der Waals surface area (Å²) in [5.41, 5.74) is 17.3. The molecule has 2 aliphatic rings. The fraction of sp³-hybridized carbons (Fsp3) is 0.183. The van der Waals surface area contributed by atoms with Crippen molar-refractivity contribution in [3.8, 4) is 62.1 Å². The molecule has 0 fully saturated rings. The Morgan fingerprint density at radius 2 is 0.953 bits per heavy atom. The zero-order valence-electron chi connectivity index (χ0n) is 37.4. The lowest BCUT2D eigenvalue weighted by molar-refractivity contribution is 0.332. The molecule has 64 heavy (non-hydrogen) atoms. The topological polar surface area (TPSA) is 43.6 Å². The Morgan fingerprint density at radius 1 is 0.406 bits per heavy atom. The molecule has 0 amide bonds. The van der Waals surface area contributed by atoms with Gasteiger partial charge < -0.3 is 4.57 Å². The highest BCUT2D eigenvalue weighted by atomic mass is 15.0. The van der Waals surface area contributed by atoms with Crippen LogP contribution in [0.25, 0.3) is 94.7 Å². The molecular formula is C60H50N4. The van der Waals surface area contributed by atoms with Crippen LogP contribution in [0.1, 0.15) is 76.6 Å². The van der Waals surface area contributed by atoms with Gasteiger partial charge in [0.1, 0.15) is 0 Å². The first-order valence-corrected chi connectivity index (χ1v) is 22.7. The highest BCUT2D eigenvalue weighted by Gasteiger charge is 2.39. The van der Waals surface area contributed by atoms with Crippen molar-refractivity contribution in [1.29, 1.82) is 0 Å². The molecule has 4 heteroatoms. The number of nitrogens with zero attached hydrogens (tertiary/aromatic N) is 4. The van der Waals surface area contributed by atoms with E-state index in [0.29, 0.717) is 17.5 Å². The summed E-state index contributed by atoms with van der Waals surface area (Å²) in [6, 6.07) is 61.8. The summed E-state index contributed by atoms with van der Waals surface area (Å²) in [6.45, 7) is 14.3. The van der Waals surface area contributed by atoms with Crippen LogP contribution in [0.3, 0.4) is 0 Å². The Morgan fingerprint density at radius 3 is 1.66 bits per heavy atom. The molecule has 0 saturated heterocycles. The van der Waals surface area contributed by atoms with Gasteiger partial charge in [-0.05, 0) is 121 Å². The van der Waals surface area contributed by atoms with Gasteiger partial charge in [-0.1, -0.05) is 169 Å². The molecule has 0 bridgehead atoms. The first-order chi connectivity index (χ1) is 31.0. The molecule has 0 unspecified atom stereocenters. The predicted octanol–water partition coefficient (Wildman–Crippen LogP) is 15.4. The summed E-state index contributed by atoms with van der Waals surface area (Å²) in [5.74, 6) is 1.94. The Kier molecular flexibility index (Phi) is 8.37. The quantitative estimate of drug-likeness (QED) is 0.174. The van der Waals surface area contributed by atoms with Crippen LogP contribution in [0.5, 0.6) is 0 Å². The van der Waals surface area contributed by atoms with E-state index in [2.05, 4.69) is 198 Å². The number of hydrogen-bond acceptors (Lipinski definition) is 3. The van der Waals surface area contributed by atoms with Crippen molar-refractivity contribution in [2.24, 2.45) is 0 Å². The zero-order chi connectivity index (χ0) is 43.5. The van der Waals surface area contributed by atoms with E-state index in [4.69, 9.17) is 15.0 Å². The third-order valence-electron chi connectivity index (χ3n) is 14.7. The van der Waals surface area contributed by atoms with E-state index in [9.17, 15) is 0 Å². The maximum atomic E-state index is 5.18. The summed E-state index contributed by atoms with van der Waals surface area (Å²) in [4.78, 5) is 15.4. The number of benzene rings is 8. The molecular weight excluding hydrogens is 777 g/mol. The Bertz CT molecular complexity index is 3500.